The molecule has 2 rings (SSSR count). The summed E-state index contributed by atoms with van der Waals surface area (Å²) in [6, 6.07) is 11.8. The van der Waals surface area contributed by atoms with Gasteiger partial charge in [0.25, 0.3) is 11.8 Å². The third kappa shape index (κ3) is 5.08. The van der Waals surface area contributed by atoms with Crippen LogP contribution in [-0.4, -0.2) is 17.4 Å². The fourth-order valence-electron chi connectivity index (χ4n) is 2.02. The number of benzene rings is 2. The maximum Gasteiger partial charge on any atom is 0.256 e. The van der Waals surface area contributed by atoms with Crippen LogP contribution in [0.3, 0.4) is 0 Å². The molecule has 0 aliphatic rings. The summed E-state index contributed by atoms with van der Waals surface area (Å²) in [6.45, 7) is 5.73. The highest BCUT2D eigenvalue weighted by molar-refractivity contribution is 9.10. The molecule has 24 heavy (non-hydrogen) atoms. The van der Waals surface area contributed by atoms with Crippen molar-refractivity contribution in [2.24, 2.45) is 0 Å². The van der Waals surface area contributed by atoms with Crippen molar-refractivity contribution in [3.63, 3.8) is 0 Å². The van der Waals surface area contributed by atoms with Crippen molar-refractivity contribution in [2.75, 3.05) is 5.32 Å². The van der Waals surface area contributed by atoms with Crippen LogP contribution in [0, 0.1) is 0 Å². The molecule has 0 aliphatic carbocycles. The maximum atomic E-state index is 12.4. The third-order valence-electron chi connectivity index (χ3n) is 3.04. The van der Waals surface area contributed by atoms with Gasteiger partial charge in [-0.15, -0.1) is 0 Å². The smallest absolute Gasteiger partial charge is 0.256 e. The van der Waals surface area contributed by atoms with Crippen molar-refractivity contribution < 1.29 is 9.59 Å². The molecule has 0 fully saturated rings. The molecule has 6 heteroatoms. The lowest BCUT2D eigenvalue weighted by Crippen LogP contribution is -2.40. The van der Waals surface area contributed by atoms with E-state index in [0.29, 0.717) is 26.3 Å². The van der Waals surface area contributed by atoms with Crippen molar-refractivity contribution in [1.29, 1.82) is 0 Å². The Kier molecular flexibility index (Phi) is 5.67. The predicted octanol–water partition coefficient (Wildman–Crippen LogP) is 4.88. The van der Waals surface area contributed by atoms with Crippen LogP contribution in [0.5, 0.6) is 0 Å². The van der Waals surface area contributed by atoms with E-state index in [0.717, 1.165) is 0 Å². The van der Waals surface area contributed by atoms with Crippen molar-refractivity contribution in [3.05, 3.63) is 63.1 Å². The number of carbonyl (C=O) groups is 2. The van der Waals surface area contributed by atoms with E-state index in [4.69, 9.17) is 11.6 Å². The number of anilines is 1. The molecule has 0 unspecified atom stereocenters. The Morgan fingerprint density at radius 1 is 1.04 bits per heavy atom. The molecule has 0 saturated heterocycles. The highest BCUT2D eigenvalue weighted by atomic mass is 79.9. The van der Waals surface area contributed by atoms with Crippen molar-refractivity contribution >= 4 is 45.0 Å². The topological polar surface area (TPSA) is 58.2 Å². The van der Waals surface area contributed by atoms with Gasteiger partial charge >= 0.3 is 0 Å². The molecule has 2 N–H and O–H groups in total. The largest absolute Gasteiger partial charge is 0.347 e. The quantitative estimate of drug-likeness (QED) is 0.759. The van der Waals surface area contributed by atoms with E-state index < -0.39 is 0 Å². The van der Waals surface area contributed by atoms with Gasteiger partial charge in [-0.25, -0.2) is 0 Å². The second-order valence-electron chi connectivity index (χ2n) is 6.36. The minimum absolute atomic E-state index is 0.192. The lowest BCUT2D eigenvalue weighted by Gasteiger charge is -2.20. The van der Waals surface area contributed by atoms with Crippen LogP contribution >= 0.6 is 27.5 Å². The summed E-state index contributed by atoms with van der Waals surface area (Å²) in [5, 5.41) is 6.14. The molecule has 0 spiro atoms. The Bertz CT molecular complexity index is 785. The molecule has 0 bridgehead atoms. The SMILES string of the molecule is CC(C)(C)NC(=O)c1cccc(NC(=O)c2cc(Cl)ccc2Br)c1. The molecule has 2 aromatic rings. The summed E-state index contributed by atoms with van der Waals surface area (Å²) >= 11 is 9.27. The van der Waals surface area contributed by atoms with E-state index in [1.807, 2.05) is 20.8 Å². The molecule has 0 atom stereocenters. The fraction of sp³-hybridized carbons (Fsp3) is 0.222. The van der Waals surface area contributed by atoms with Gasteiger partial charge in [-0.05, 0) is 73.1 Å². The van der Waals surface area contributed by atoms with Crippen LogP contribution in [0.25, 0.3) is 0 Å². The van der Waals surface area contributed by atoms with E-state index in [1.54, 1.807) is 42.5 Å². The first-order valence-electron chi connectivity index (χ1n) is 7.35. The lowest BCUT2D eigenvalue weighted by atomic mass is 10.1. The highest BCUT2D eigenvalue weighted by Gasteiger charge is 2.16. The summed E-state index contributed by atoms with van der Waals surface area (Å²) in [4.78, 5) is 24.6. The van der Waals surface area contributed by atoms with Crippen LogP contribution in [0.2, 0.25) is 5.02 Å². The second kappa shape index (κ2) is 7.36. The van der Waals surface area contributed by atoms with E-state index in [1.165, 1.54) is 0 Å². The number of rotatable bonds is 3. The van der Waals surface area contributed by atoms with Gasteiger partial charge in [0.2, 0.25) is 0 Å². The number of hydrogen-bond acceptors (Lipinski definition) is 2. The predicted molar refractivity (Wildman–Crippen MR) is 101 cm³/mol. The van der Waals surface area contributed by atoms with Crippen LogP contribution in [0.4, 0.5) is 5.69 Å². The van der Waals surface area contributed by atoms with Crippen LogP contribution < -0.4 is 10.6 Å². The maximum absolute atomic E-state index is 12.4. The van der Waals surface area contributed by atoms with Crippen molar-refractivity contribution in [2.45, 2.75) is 26.3 Å². The van der Waals surface area contributed by atoms with Gasteiger partial charge < -0.3 is 10.6 Å². The van der Waals surface area contributed by atoms with Gasteiger partial charge in [0, 0.05) is 26.3 Å². The first-order valence-corrected chi connectivity index (χ1v) is 8.52. The summed E-state index contributed by atoms with van der Waals surface area (Å²) in [6.07, 6.45) is 0. The third-order valence-corrected chi connectivity index (χ3v) is 3.97. The van der Waals surface area contributed by atoms with Crippen LogP contribution in [0.15, 0.2) is 46.9 Å². The summed E-state index contributed by atoms with van der Waals surface area (Å²) in [5.74, 6) is -0.500. The zero-order chi connectivity index (χ0) is 17.9. The van der Waals surface area contributed by atoms with Crippen LogP contribution in [-0.2, 0) is 0 Å². The molecule has 126 valence electrons. The van der Waals surface area contributed by atoms with Crippen molar-refractivity contribution in [3.8, 4) is 0 Å². The van der Waals surface area contributed by atoms with E-state index in [-0.39, 0.29) is 17.4 Å². The number of hydrogen-bond donors (Lipinski definition) is 2. The van der Waals surface area contributed by atoms with E-state index >= 15 is 0 Å². The standard InChI is InChI=1S/C18H18BrClN2O2/c1-18(2,3)22-16(23)11-5-4-6-13(9-11)21-17(24)14-10-12(20)7-8-15(14)19/h4-10H,1-3H3,(H,21,24)(H,22,23). The number of amides is 2. The minimum atomic E-state index is -0.331. The average Bonchev–Trinajstić information content (AvgIpc) is 2.48. The molecular formula is C18H18BrClN2O2. The van der Waals surface area contributed by atoms with Gasteiger partial charge in [-0.1, -0.05) is 17.7 Å². The molecule has 0 heterocycles. The van der Waals surface area contributed by atoms with Gasteiger partial charge in [0.15, 0.2) is 0 Å². The van der Waals surface area contributed by atoms with Gasteiger partial charge in [-0.3, -0.25) is 9.59 Å². The molecular weight excluding hydrogens is 392 g/mol. The molecule has 0 saturated carbocycles. The Hall–Kier alpha value is -1.85. The number of nitrogens with one attached hydrogen (secondary N) is 2. The van der Waals surface area contributed by atoms with E-state index in [2.05, 4.69) is 26.6 Å². The zero-order valence-electron chi connectivity index (χ0n) is 13.6. The molecule has 0 aromatic heterocycles. The lowest BCUT2D eigenvalue weighted by molar-refractivity contribution is 0.0918. The van der Waals surface area contributed by atoms with Gasteiger partial charge in [0.05, 0.1) is 5.56 Å². The fourth-order valence-corrected chi connectivity index (χ4v) is 2.62. The number of carbonyl (C=O) groups excluding carboxylic acids is 2. The van der Waals surface area contributed by atoms with Gasteiger partial charge in [0.1, 0.15) is 0 Å². The Morgan fingerprint density at radius 3 is 2.42 bits per heavy atom. The van der Waals surface area contributed by atoms with Crippen molar-refractivity contribution in [1.82, 2.24) is 5.32 Å². The minimum Gasteiger partial charge on any atom is -0.347 e. The number of halogens is 2. The molecule has 0 aliphatic heterocycles. The second-order valence-corrected chi connectivity index (χ2v) is 7.65. The summed E-state index contributed by atoms with van der Waals surface area (Å²) in [5.41, 5.74) is 1.11. The molecule has 2 aromatic carbocycles. The summed E-state index contributed by atoms with van der Waals surface area (Å²) in [7, 11) is 0. The molecule has 2 amide bonds. The summed E-state index contributed by atoms with van der Waals surface area (Å²) < 4.78 is 0.644. The monoisotopic (exact) mass is 408 g/mol. The average molecular weight is 410 g/mol. The van der Waals surface area contributed by atoms with Gasteiger partial charge in [-0.2, -0.15) is 0 Å². The Morgan fingerprint density at radius 2 is 1.75 bits per heavy atom. The van der Waals surface area contributed by atoms with Crippen LogP contribution in [0.1, 0.15) is 41.5 Å². The Labute approximate surface area is 154 Å². The Balaban J connectivity index is 2.19. The van der Waals surface area contributed by atoms with E-state index in [9.17, 15) is 9.59 Å². The first-order chi connectivity index (χ1) is 11.2. The highest BCUT2D eigenvalue weighted by Crippen LogP contribution is 2.22. The zero-order valence-corrected chi connectivity index (χ0v) is 16.0. The molecule has 4 nitrogen and oxygen atoms in total. The molecule has 0 radical (unpaired) electrons. The normalized spacial score (nSPS) is 11.0. The first kappa shape index (κ1) is 18.5.